The minimum Gasteiger partial charge on any atom is -0.493 e. The van der Waals surface area contributed by atoms with E-state index in [0.29, 0.717) is 18.3 Å². The monoisotopic (exact) mass is 435 g/mol. The van der Waals surface area contributed by atoms with Crippen LogP contribution < -0.4 is 4.74 Å². The highest BCUT2D eigenvalue weighted by Crippen LogP contribution is 2.35. The number of hydrogen-bond acceptors (Lipinski definition) is 3. The fourth-order valence-corrected chi connectivity index (χ4v) is 4.32. The first-order chi connectivity index (χ1) is 14.9. The maximum absolute atomic E-state index is 12.8. The molecule has 31 heavy (non-hydrogen) atoms. The molecule has 1 heterocycles. The van der Waals surface area contributed by atoms with Gasteiger partial charge in [0.1, 0.15) is 5.75 Å². The topological polar surface area (TPSA) is 32.7 Å². The van der Waals surface area contributed by atoms with Crippen molar-refractivity contribution in [3.8, 4) is 5.75 Å². The smallest absolute Gasteiger partial charge is 0.416 e. The molecule has 0 spiro atoms. The third-order valence-electron chi connectivity index (χ3n) is 6.13. The van der Waals surface area contributed by atoms with Crippen LogP contribution in [0.5, 0.6) is 5.75 Å². The van der Waals surface area contributed by atoms with Crippen LogP contribution in [-0.2, 0) is 12.8 Å². The summed E-state index contributed by atoms with van der Waals surface area (Å²) in [5.74, 6) is 1.03. The van der Waals surface area contributed by atoms with E-state index in [1.165, 1.54) is 37.0 Å². The molecule has 1 aliphatic heterocycles. The van der Waals surface area contributed by atoms with Crippen molar-refractivity contribution in [1.82, 2.24) is 4.90 Å². The number of aliphatic hydroxyl groups excluding tert-OH is 1. The van der Waals surface area contributed by atoms with E-state index in [4.69, 9.17) is 4.74 Å². The molecule has 1 fully saturated rings. The second-order valence-electron chi connectivity index (χ2n) is 8.40. The van der Waals surface area contributed by atoms with Crippen LogP contribution in [0.15, 0.2) is 48.5 Å². The van der Waals surface area contributed by atoms with Crippen LogP contribution in [0.3, 0.4) is 0 Å². The zero-order valence-corrected chi connectivity index (χ0v) is 18.1. The van der Waals surface area contributed by atoms with Gasteiger partial charge in [0.05, 0.1) is 18.8 Å². The Balaban J connectivity index is 1.68. The molecule has 2 aromatic rings. The maximum Gasteiger partial charge on any atom is 0.416 e. The van der Waals surface area contributed by atoms with Gasteiger partial charge in [-0.1, -0.05) is 44.0 Å². The van der Waals surface area contributed by atoms with Crippen molar-refractivity contribution in [1.29, 1.82) is 0 Å². The lowest BCUT2D eigenvalue weighted by atomic mass is 9.80. The number of piperidine rings is 1. The number of hydrogen-bond donors (Lipinski definition) is 1. The Morgan fingerprint density at radius 1 is 1.03 bits per heavy atom. The summed E-state index contributed by atoms with van der Waals surface area (Å²) >= 11 is 0. The number of aliphatic hydroxyl groups is 1. The van der Waals surface area contributed by atoms with E-state index < -0.39 is 11.7 Å². The Bertz CT molecular complexity index is 790. The molecule has 2 unspecified atom stereocenters. The normalized spacial score (nSPS) is 20.0. The first-order valence-electron chi connectivity index (χ1n) is 11.1. The van der Waals surface area contributed by atoms with Gasteiger partial charge in [-0.05, 0) is 67.2 Å². The molecule has 6 heteroatoms. The number of nitrogens with zero attached hydrogens (tertiary/aromatic N) is 1. The first kappa shape index (κ1) is 23.6. The third-order valence-corrected chi connectivity index (χ3v) is 6.13. The van der Waals surface area contributed by atoms with Crippen molar-refractivity contribution in [2.24, 2.45) is 5.92 Å². The van der Waals surface area contributed by atoms with Gasteiger partial charge in [-0.2, -0.15) is 13.2 Å². The predicted molar refractivity (Wildman–Crippen MR) is 116 cm³/mol. The van der Waals surface area contributed by atoms with Gasteiger partial charge in [-0.3, -0.25) is 0 Å². The van der Waals surface area contributed by atoms with Crippen LogP contribution in [0, 0.1) is 5.92 Å². The summed E-state index contributed by atoms with van der Waals surface area (Å²) in [5, 5.41) is 9.31. The first-order valence-corrected chi connectivity index (χ1v) is 11.1. The number of likely N-dealkylation sites (tertiary alicyclic amines) is 1. The second kappa shape index (κ2) is 11.0. The van der Waals surface area contributed by atoms with Gasteiger partial charge in [0.15, 0.2) is 0 Å². The van der Waals surface area contributed by atoms with Crippen molar-refractivity contribution < 1.29 is 23.0 Å². The number of rotatable bonds is 9. The second-order valence-corrected chi connectivity index (χ2v) is 8.40. The predicted octanol–water partition coefficient (Wildman–Crippen LogP) is 5.87. The highest BCUT2D eigenvalue weighted by molar-refractivity contribution is 5.29. The Morgan fingerprint density at radius 2 is 1.74 bits per heavy atom. The molecule has 1 aliphatic rings. The standard InChI is InChI=1S/C25H32F3NO2/c1-2-3-4-14-29-15-13-24(20-7-5-19(17-30)6-8-20)21(16-29)18-31-23-11-9-22(10-12-23)25(26,27)28/h5-12,21,24,30H,2-4,13-18H2,1H3. The third kappa shape index (κ3) is 6.71. The molecular weight excluding hydrogens is 403 g/mol. The lowest BCUT2D eigenvalue weighted by Crippen LogP contribution is -2.42. The van der Waals surface area contributed by atoms with E-state index in [-0.39, 0.29) is 12.5 Å². The zero-order valence-electron chi connectivity index (χ0n) is 18.1. The number of ether oxygens (including phenoxy) is 1. The highest BCUT2D eigenvalue weighted by Gasteiger charge is 2.32. The summed E-state index contributed by atoms with van der Waals surface area (Å²) in [5.41, 5.74) is 1.45. The average molecular weight is 436 g/mol. The van der Waals surface area contributed by atoms with E-state index in [2.05, 4.69) is 24.0 Å². The van der Waals surface area contributed by atoms with Gasteiger partial charge in [0.25, 0.3) is 0 Å². The van der Waals surface area contributed by atoms with E-state index in [0.717, 1.165) is 43.8 Å². The molecule has 3 rings (SSSR count). The summed E-state index contributed by atoms with van der Waals surface area (Å²) < 4.78 is 44.3. The molecule has 0 radical (unpaired) electrons. The fourth-order valence-electron chi connectivity index (χ4n) is 4.32. The van der Waals surface area contributed by atoms with Crippen LogP contribution in [0.4, 0.5) is 13.2 Å². The van der Waals surface area contributed by atoms with Crippen molar-refractivity contribution >= 4 is 0 Å². The van der Waals surface area contributed by atoms with Gasteiger partial charge in [-0.15, -0.1) is 0 Å². The van der Waals surface area contributed by atoms with Crippen molar-refractivity contribution in [2.75, 3.05) is 26.2 Å². The average Bonchev–Trinajstić information content (AvgIpc) is 2.78. The molecule has 2 aromatic carbocycles. The van der Waals surface area contributed by atoms with Crippen LogP contribution >= 0.6 is 0 Å². The largest absolute Gasteiger partial charge is 0.493 e. The molecule has 3 nitrogen and oxygen atoms in total. The van der Waals surface area contributed by atoms with Crippen molar-refractivity contribution in [3.63, 3.8) is 0 Å². The van der Waals surface area contributed by atoms with Crippen molar-refractivity contribution in [2.45, 2.75) is 51.3 Å². The Labute approximate surface area is 182 Å². The highest BCUT2D eigenvalue weighted by atomic mass is 19.4. The lowest BCUT2D eigenvalue weighted by Gasteiger charge is -2.39. The SMILES string of the molecule is CCCCCN1CCC(c2ccc(CO)cc2)C(COc2ccc(C(F)(F)F)cc2)C1. The Hall–Kier alpha value is -2.05. The molecular formula is C25H32F3NO2. The molecule has 0 aliphatic carbocycles. The summed E-state index contributed by atoms with van der Waals surface area (Å²) in [6, 6.07) is 13.0. The summed E-state index contributed by atoms with van der Waals surface area (Å²) in [6.45, 7) is 5.70. The van der Waals surface area contributed by atoms with Crippen LogP contribution in [0.2, 0.25) is 0 Å². The minimum absolute atomic E-state index is 0.0244. The molecule has 170 valence electrons. The molecule has 0 saturated carbocycles. The Kier molecular flexibility index (Phi) is 8.38. The van der Waals surface area contributed by atoms with E-state index in [1.807, 2.05) is 12.1 Å². The fraction of sp³-hybridized carbons (Fsp3) is 0.520. The van der Waals surface area contributed by atoms with Gasteiger partial charge < -0.3 is 14.7 Å². The maximum atomic E-state index is 12.8. The van der Waals surface area contributed by atoms with Gasteiger partial charge in [0, 0.05) is 12.5 Å². The number of alkyl halides is 3. The molecule has 0 bridgehead atoms. The van der Waals surface area contributed by atoms with Crippen LogP contribution in [-0.4, -0.2) is 36.2 Å². The van der Waals surface area contributed by atoms with Gasteiger partial charge in [-0.25, -0.2) is 0 Å². The minimum atomic E-state index is -4.34. The van der Waals surface area contributed by atoms with Crippen LogP contribution in [0.1, 0.15) is 55.2 Å². The molecule has 1 N–H and O–H groups in total. The quantitative estimate of drug-likeness (QED) is 0.500. The molecule has 0 aromatic heterocycles. The molecule has 1 saturated heterocycles. The number of unbranched alkanes of at least 4 members (excludes halogenated alkanes) is 2. The van der Waals surface area contributed by atoms with Crippen molar-refractivity contribution in [3.05, 3.63) is 65.2 Å². The molecule has 0 amide bonds. The number of benzene rings is 2. The summed E-state index contributed by atoms with van der Waals surface area (Å²) in [7, 11) is 0. The van der Waals surface area contributed by atoms with Gasteiger partial charge >= 0.3 is 6.18 Å². The summed E-state index contributed by atoms with van der Waals surface area (Å²) in [4.78, 5) is 2.48. The van der Waals surface area contributed by atoms with Crippen LogP contribution in [0.25, 0.3) is 0 Å². The van der Waals surface area contributed by atoms with Gasteiger partial charge in [0.2, 0.25) is 0 Å². The number of halogens is 3. The zero-order chi connectivity index (χ0) is 22.3. The lowest BCUT2D eigenvalue weighted by molar-refractivity contribution is -0.137. The van der Waals surface area contributed by atoms with E-state index in [9.17, 15) is 18.3 Å². The summed E-state index contributed by atoms with van der Waals surface area (Å²) in [6.07, 6.45) is 0.264. The van der Waals surface area contributed by atoms with E-state index >= 15 is 0 Å². The Morgan fingerprint density at radius 3 is 2.35 bits per heavy atom. The van der Waals surface area contributed by atoms with E-state index in [1.54, 1.807) is 0 Å². The molecule has 2 atom stereocenters.